The lowest BCUT2D eigenvalue weighted by Gasteiger charge is -2.34. The van der Waals surface area contributed by atoms with E-state index >= 15 is 0 Å². The van der Waals surface area contributed by atoms with Gasteiger partial charge in [-0.05, 0) is 65.7 Å². The van der Waals surface area contributed by atoms with Crippen LogP contribution in [-0.2, 0) is 12.8 Å². The topological polar surface area (TPSA) is 40.5 Å². The zero-order chi connectivity index (χ0) is 22.7. The molecule has 0 heterocycles. The van der Waals surface area contributed by atoms with Crippen molar-refractivity contribution in [1.29, 1.82) is 0 Å². The maximum absolute atomic E-state index is 11.5. The number of aryl methyl sites for hydroxylation is 2. The van der Waals surface area contributed by atoms with Gasteiger partial charge in [-0.15, -0.1) is 0 Å². The summed E-state index contributed by atoms with van der Waals surface area (Å²) in [7, 11) is 0. The predicted octanol–water partition coefficient (Wildman–Crippen LogP) is 8.18. The molecule has 3 rings (SSSR count). The van der Waals surface area contributed by atoms with Gasteiger partial charge in [0.1, 0.15) is 11.5 Å². The van der Waals surface area contributed by atoms with Gasteiger partial charge in [-0.25, -0.2) is 0 Å². The maximum atomic E-state index is 11.5. The summed E-state index contributed by atoms with van der Waals surface area (Å²) in [5, 5.41) is 22.9. The van der Waals surface area contributed by atoms with Crippen LogP contribution in [0.2, 0.25) is 0 Å². The standard InChI is InChI=1S/C29H42O2/c1-7-20-14-23(18(3)4)28(30)25(16-20)27(22-12-10-9-11-13-22)26-17-21(8-2)15-24(19(5)6)29(26)31/h14-19,22,27,30-31H,7-13H2,1-6H3. The summed E-state index contributed by atoms with van der Waals surface area (Å²) < 4.78 is 0. The molecule has 2 N–H and O–H groups in total. The van der Waals surface area contributed by atoms with Crippen LogP contribution >= 0.6 is 0 Å². The first-order chi connectivity index (χ1) is 14.8. The Hall–Kier alpha value is -1.96. The van der Waals surface area contributed by atoms with Crippen molar-refractivity contribution in [2.24, 2.45) is 5.92 Å². The van der Waals surface area contributed by atoms with Crippen molar-refractivity contribution < 1.29 is 10.2 Å². The van der Waals surface area contributed by atoms with Gasteiger partial charge in [0.2, 0.25) is 0 Å². The highest BCUT2D eigenvalue weighted by Gasteiger charge is 2.33. The summed E-state index contributed by atoms with van der Waals surface area (Å²) in [5.41, 5.74) is 6.65. The van der Waals surface area contributed by atoms with Crippen molar-refractivity contribution in [3.05, 3.63) is 57.6 Å². The van der Waals surface area contributed by atoms with Crippen molar-refractivity contribution >= 4 is 0 Å². The lowest BCUT2D eigenvalue weighted by molar-refractivity contribution is 0.316. The third-order valence-corrected chi connectivity index (χ3v) is 7.31. The summed E-state index contributed by atoms with van der Waals surface area (Å²) in [4.78, 5) is 0. The zero-order valence-corrected chi connectivity index (χ0v) is 20.5. The van der Waals surface area contributed by atoms with Gasteiger partial charge in [0.15, 0.2) is 0 Å². The number of rotatable bonds is 7. The van der Waals surface area contributed by atoms with E-state index in [1.54, 1.807) is 0 Å². The second-order valence-corrected chi connectivity index (χ2v) is 10.1. The van der Waals surface area contributed by atoms with Crippen LogP contribution in [0, 0.1) is 5.92 Å². The highest BCUT2D eigenvalue weighted by molar-refractivity contribution is 5.55. The molecular formula is C29H42O2. The third-order valence-electron chi connectivity index (χ3n) is 7.31. The molecule has 170 valence electrons. The molecule has 1 aliphatic rings. The van der Waals surface area contributed by atoms with Crippen LogP contribution < -0.4 is 0 Å². The van der Waals surface area contributed by atoms with Crippen LogP contribution in [0.4, 0.5) is 0 Å². The van der Waals surface area contributed by atoms with Crippen molar-refractivity contribution in [1.82, 2.24) is 0 Å². The van der Waals surface area contributed by atoms with Crippen LogP contribution in [0.3, 0.4) is 0 Å². The molecule has 2 nitrogen and oxygen atoms in total. The van der Waals surface area contributed by atoms with E-state index in [2.05, 4.69) is 65.8 Å². The second kappa shape index (κ2) is 10.1. The Morgan fingerprint density at radius 2 is 1.06 bits per heavy atom. The largest absolute Gasteiger partial charge is 0.507 e. The summed E-state index contributed by atoms with van der Waals surface area (Å²) in [6.45, 7) is 13.0. The minimum Gasteiger partial charge on any atom is -0.507 e. The van der Waals surface area contributed by atoms with Crippen LogP contribution in [0.1, 0.15) is 125 Å². The van der Waals surface area contributed by atoms with Gasteiger partial charge in [0.25, 0.3) is 0 Å². The number of hydrogen-bond acceptors (Lipinski definition) is 2. The smallest absolute Gasteiger partial charge is 0.122 e. The van der Waals surface area contributed by atoms with Gasteiger partial charge < -0.3 is 10.2 Å². The fraction of sp³-hybridized carbons (Fsp3) is 0.586. The number of hydrogen-bond donors (Lipinski definition) is 2. The maximum Gasteiger partial charge on any atom is 0.122 e. The number of benzene rings is 2. The van der Waals surface area contributed by atoms with E-state index in [0.29, 0.717) is 17.4 Å². The Labute approximate surface area is 189 Å². The van der Waals surface area contributed by atoms with E-state index in [1.165, 1.54) is 30.4 Å². The Balaban J connectivity index is 2.29. The number of phenolic OH excluding ortho intramolecular Hbond substituents is 2. The Kier molecular flexibility index (Phi) is 7.73. The van der Waals surface area contributed by atoms with Crippen molar-refractivity contribution in [3.63, 3.8) is 0 Å². The second-order valence-electron chi connectivity index (χ2n) is 10.1. The first-order valence-corrected chi connectivity index (χ1v) is 12.5. The normalized spacial score (nSPS) is 15.4. The van der Waals surface area contributed by atoms with E-state index in [0.717, 1.165) is 47.9 Å². The number of aromatic hydroxyl groups is 2. The molecule has 2 aromatic carbocycles. The number of phenols is 2. The quantitative estimate of drug-likeness (QED) is 0.472. The summed E-state index contributed by atoms with van der Waals surface area (Å²) >= 11 is 0. The Morgan fingerprint density at radius 3 is 1.42 bits per heavy atom. The average molecular weight is 423 g/mol. The molecule has 0 amide bonds. The van der Waals surface area contributed by atoms with Gasteiger partial charge in [-0.2, -0.15) is 0 Å². The lowest BCUT2D eigenvalue weighted by Crippen LogP contribution is -2.19. The summed E-state index contributed by atoms with van der Waals surface area (Å²) in [6.07, 6.45) is 7.97. The molecule has 1 saturated carbocycles. The molecule has 0 aliphatic heterocycles. The van der Waals surface area contributed by atoms with E-state index in [9.17, 15) is 10.2 Å². The van der Waals surface area contributed by atoms with Gasteiger partial charge in [0, 0.05) is 17.0 Å². The molecule has 2 aromatic rings. The van der Waals surface area contributed by atoms with Crippen LogP contribution in [0.25, 0.3) is 0 Å². The molecule has 31 heavy (non-hydrogen) atoms. The average Bonchev–Trinajstić information content (AvgIpc) is 2.76. The van der Waals surface area contributed by atoms with Gasteiger partial charge in [-0.1, -0.05) is 85.1 Å². The molecule has 0 saturated heterocycles. The Bertz CT molecular complexity index is 823. The van der Waals surface area contributed by atoms with E-state index in [1.807, 2.05) is 0 Å². The molecule has 0 atom stereocenters. The van der Waals surface area contributed by atoms with Crippen molar-refractivity contribution in [2.45, 2.75) is 104 Å². The minimum absolute atomic E-state index is 0.0355. The van der Waals surface area contributed by atoms with Crippen LogP contribution in [0.15, 0.2) is 24.3 Å². The molecule has 0 bridgehead atoms. The zero-order valence-electron chi connectivity index (χ0n) is 20.5. The van der Waals surface area contributed by atoms with E-state index in [4.69, 9.17) is 0 Å². The third kappa shape index (κ3) is 4.94. The fourth-order valence-electron chi connectivity index (χ4n) is 5.39. The monoisotopic (exact) mass is 422 g/mol. The van der Waals surface area contributed by atoms with Gasteiger partial charge >= 0.3 is 0 Å². The van der Waals surface area contributed by atoms with Crippen LogP contribution in [0.5, 0.6) is 11.5 Å². The minimum atomic E-state index is 0.0355. The molecule has 1 aliphatic carbocycles. The van der Waals surface area contributed by atoms with Crippen LogP contribution in [-0.4, -0.2) is 10.2 Å². The molecule has 0 spiro atoms. The van der Waals surface area contributed by atoms with Gasteiger partial charge in [-0.3, -0.25) is 0 Å². The first kappa shape index (κ1) is 23.7. The summed E-state index contributed by atoms with van der Waals surface area (Å²) in [6, 6.07) is 8.77. The van der Waals surface area contributed by atoms with Crippen molar-refractivity contribution in [3.8, 4) is 11.5 Å². The SMILES string of the molecule is CCc1cc(C(C)C)c(O)c(C(c2cc(CC)cc(C(C)C)c2O)C2CCCCC2)c1. The lowest BCUT2D eigenvalue weighted by atomic mass is 9.71. The molecule has 0 unspecified atom stereocenters. The highest BCUT2D eigenvalue weighted by atomic mass is 16.3. The highest BCUT2D eigenvalue weighted by Crippen LogP contribution is 2.49. The van der Waals surface area contributed by atoms with E-state index in [-0.39, 0.29) is 17.8 Å². The Morgan fingerprint density at radius 1 is 0.677 bits per heavy atom. The molecular weight excluding hydrogens is 380 g/mol. The predicted molar refractivity (Wildman–Crippen MR) is 132 cm³/mol. The van der Waals surface area contributed by atoms with Gasteiger partial charge in [0.05, 0.1) is 0 Å². The molecule has 0 radical (unpaired) electrons. The molecule has 0 aromatic heterocycles. The van der Waals surface area contributed by atoms with E-state index < -0.39 is 0 Å². The first-order valence-electron chi connectivity index (χ1n) is 12.5. The molecule has 2 heteroatoms. The van der Waals surface area contributed by atoms with Crippen molar-refractivity contribution in [2.75, 3.05) is 0 Å². The molecule has 1 fully saturated rings. The fourth-order valence-corrected chi connectivity index (χ4v) is 5.39. The summed E-state index contributed by atoms with van der Waals surface area (Å²) in [5.74, 6) is 1.89.